The van der Waals surface area contributed by atoms with Crippen LogP contribution in [0.2, 0.25) is 0 Å². The second-order valence-corrected chi connectivity index (χ2v) is 4.80. The van der Waals surface area contributed by atoms with Gasteiger partial charge in [0.2, 0.25) is 0 Å². The van der Waals surface area contributed by atoms with Crippen LogP contribution >= 0.6 is 15.9 Å². The molecular formula is C13H10BrN5O. The molecule has 0 bridgehead atoms. The molecule has 0 aliphatic rings. The maximum Gasteiger partial charge on any atom is 0.341 e. The fourth-order valence-electron chi connectivity index (χ4n) is 1.64. The number of anilines is 1. The number of ether oxygens (including phenoxy) is 1. The van der Waals surface area contributed by atoms with Crippen molar-refractivity contribution in [2.45, 2.75) is 0 Å². The number of para-hydroxylation sites is 1. The number of nitrogens with zero attached hydrogens (tertiary/aromatic N) is 4. The van der Waals surface area contributed by atoms with Crippen molar-refractivity contribution in [1.29, 1.82) is 0 Å². The van der Waals surface area contributed by atoms with Gasteiger partial charge in [-0.1, -0.05) is 18.2 Å². The SMILES string of the molecule is Nc1cncc(Br)c1Oc1ncn(-c2ccccc2)n1. The number of benzene rings is 1. The molecule has 6 nitrogen and oxygen atoms in total. The minimum Gasteiger partial charge on any atom is -0.420 e. The molecule has 0 saturated heterocycles. The largest absolute Gasteiger partial charge is 0.420 e. The van der Waals surface area contributed by atoms with Crippen LogP contribution in [-0.4, -0.2) is 19.7 Å². The van der Waals surface area contributed by atoms with E-state index in [1.807, 2.05) is 30.3 Å². The molecule has 0 unspecified atom stereocenters. The smallest absolute Gasteiger partial charge is 0.341 e. The van der Waals surface area contributed by atoms with Crippen LogP contribution in [0, 0.1) is 0 Å². The van der Waals surface area contributed by atoms with Gasteiger partial charge >= 0.3 is 6.01 Å². The van der Waals surface area contributed by atoms with Gasteiger partial charge in [0, 0.05) is 6.20 Å². The van der Waals surface area contributed by atoms with E-state index in [4.69, 9.17) is 10.5 Å². The first-order valence-electron chi connectivity index (χ1n) is 5.78. The van der Waals surface area contributed by atoms with E-state index in [1.54, 1.807) is 17.2 Å². The number of hydrogen-bond acceptors (Lipinski definition) is 5. The normalized spacial score (nSPS) is 10.4. The van der Waals surface area contributed by atoms with Crippen LogP contribution in [0.15, 0.2) is 53.5 Å². The summed E-state index contributed by atoms with van der Waals surface area (Å²) in [7, 11) is 0. The highest BCUT2D eigenvalue weighted by Crippen LogP contribution is 2.32. The van der Waals surface area contributed by atoms with Crippen LogP contribution in [-0.2, 0) is 0 Å². The van der Waals surface area contributed by atoms with E-state index >= 15 is 0 Å². The molecule has 0 amide bonds. The van der Waals surface area contributed by atoms with Gasteiger partial charge in [-0.05, 0) is 28.1 Å². The van der Waals surface area contributed by atoms with Crippen molar-refractivity contribution in [2.24, 2.45) is 0 Å². The van der Waals surface area contributed by atoms with Crippen molar-refractivity contribution in [3.8, 4) is 17.4 Å². The maximum absolute atomic E-state index is 5.81. The summed E-state index contributed by atoms with van der Waals surface area (Å²) in [5.74, 6) is 0.450. The highest BCUT2D eigenvalue weighted by atomic mass is 79.9. The van der Waals surface area contributed by atoms with Gasteiger partial charge in [-0.25, -0.2) is 4.68 Å². The second-order valence-electron chi connectivity index (χ2n) is 3.95. The highest BCUT2D eigenvalue weighted by molar-refractivity contribution is 9.10. The van der Waals surface area contributed by atoms with Gasteiger partial charge in [-0.3, -0.25) is 4.98 Å². The minimum atomic E-state index is 0.215. The lowest BCUT2D eigenvalue weighted by Crippen LogP contribution is -1.97. The lowest BCUT2D eigenvalue weighted by Gasteiger charge is -2.05. The fraction of sp³-hybridized carbons (Fsp3) is 0. The summed E-state index contributed by atoms with van der Waals surface area (Å²) in [5, 5.41) is 4.24. The number of aromatic nitrogens is 4. The Bertz CT molecular complexity index is 708. The summed E-state index contributed by atoms with van der Waals surface area (Å²) in [6, 6.07) is 9.86. The van der Waals surface area contributed by atoms with Crippen molar-refractivity contribution >= 4 is 21.6 Å². The van der Waals surface area contributed by atoms with Gasteiger partial charge in [-0.15, -0.1) is 5.10 Å². The van der Waals surface area contributed by atoms with E-state index in [2.05, 4.69) is 31.0 Å². The van der Waals surface area contributed by atoms with E-state index in [0.717, 1.165) is 5.69 Å². The maximum atomic E-state index is 5.81. The Labute approximate surface area is 123 Å². The van der Waals surface area contributed by atoms with Crippen LogP contribution in [0.5, 0.6) is 11.8 Å². The molecule has 2 heterocycles. The minimum absolute atomic E-state index is 0.215. The number of nitrogen functional groups attached to an aromatic ring is 1. The van der Waals surface area contributed by atoms with E-state index < -0.39 is 0 Å². The highest BCUT2D eigenvalue weighted by Gasteiger charge is 2.11. The molecule has 0 saturated carbocycles. The van der Waals surface area contributed by atoms with E-state index in [9.17, 15) is 0 Å². The Morgan fingerprint density at radius 2 is 1.95 bits per heavy atom. The van der Waals surface area contributed by atoms with Gasteiger partial charge in [-0.2, -0.15) is 4.98 Å². The third-order valence-corrected chi connectivity index (χ3v) is 3.13. The van der Waals surface area contributed by atoms with Crippen molar-refractivity contribution in [2.75, 3.05) is 5.73 Å². The predicted octanol–water partition coefficient (Wildman–Crippen LogP) is 2.80. The molecule has 3 rings (SSSR count). The van der Waals surface area contributed by atoms with Crippen molar-refractivity contribution < 1.29 is 4.74 Å². The van der Waals surface area contributed by atoms with Gasteiger partial charge in [0.25, 0.3) is 0 Å². The lowest BCUT2D eigenvalue weighted by atomic mass is 10.3. The number of hydrogen-bond donors (Lipinski definition) is 1. The summed E-state index contributed by atoms with van der Waals surface area (Å²) in [6.45, 7) is 0. The monoisotopic (exact) mass is 331 g/mol. The van der Waals surface area contributed by atoms with Crippen LogP contribution in [0.4, 0.5) is 5.69 Å². The average Bonchev–Trinajstić information content (AvgIpc) is 2.93. The van der Waals surface area contributed by atoms with Gasteiger partial charge < -0.3 is 10.5 Å². The number of nitrogens with two attached hydrogens (primary N) is 1. The van der Waals surface area contributed by atoms with Crippen molar-refractivity contribution in [3.63, 3.8) is 0 Å². The first-order chi connectivity index (χ1) is 9.74. The first-order valence-corrected chi connectivity index (χ1v) is 6.57. The molecule has 100 valence electrons. The topological polar surface area (TPSA) is 78.9 Å². The Balaban J connectivity index is 1.88. The quantitative estimate of drug-likeness (QED) is 0.798. The number of rotatable bonds is 3. The molecule has 2 aromatic heterocycles. The zero-order valence-electron chi connectivity index (χ0n) is 10.3. The standard InChI is InChI=1S/C13H10BrN5O/c14-10-6-16-7-11(15)12(10)20-13-17-8-19(18-13)9-4-2-1-3-5-9/h1-8H,15H2. The Kier molecular flexibility index (Phi) is 3.34. The van der Waals surface area contributed by atoms with Crippen LogP contribution in [0.1, 0.15) is 0 Å². The summed E-state index contributed by atoms with van der Waals surface area (Å²) < 4.78 is 7.86. The third kappa shape index (κ3) is 2.48. The summed E-state index contributed by atoms with van der Waals surface area (Å²) in [4.78, 5) is 8.04. The Hall–Kier alpha value is -2.41. The molecule has 2 N–H and O–H groups in total. The fourth-order valence-corrected chi connectivity index (χ4v) is 2.06. The zero-order chi connectivity index (χ0) is 13.9. The predicted molar refractivity (Wildman–Crippen MR) is 77.8 cm³/mol. The van der Waals surface area contributed by atoms with Crippen LogP contribution in [0.3, 0.4) is 0 Å². The Morgan fingerprint density at radius 3 is 2.70 bits per heavy atom. The van der Waals surface area contributed by atoms with Crippen LogP contribution in [0.25, 0.3) is 5.69 Å². The Morgan fingerprint density at radius 1 is 1.15 bits per heavy atom. The molecule has 0 radical (unpaired) electrons. The molecule has 0 fully saturated rings. The number of halogens is 1. The lowest BCUT2D eigenvalue weighted by molar-refractivity contribution is 0.440. The van der Waals surface area contributed by atoms with E-state index in [1.165, 1.54) is 6.20 Å². The molecule has 0 atom stereocenters. The second kappa shape index (κ2) is 5.30. The molecule has 0 aliphatic carbocycles. The molecular weight excluding hydrogens is 322 g/mol. The summed E-state index contributed by atoms with van der Waals surface area (Å²) in [5.41, 5.74) is 7.12. The van der Waals surface area contributed by atoms with Gasteiger partial charge in [0.1, 0.15) is 6.33 Å². The van der Waals surface area contributed by atoms with Crippen molar-refractivity contribution in [3.05, 3.63) is 53.5 Å². The summed E-state index contributed by atoms with van der Waals surface area (Å²) >= 11 is 3.33. The third-order valence-electron chi connectivity index (χ3n) is 2.57. The molecule has 1 aromatic carbocycles. The van der Waals surface area contributed by atoms with Gasteiger partial charge in [0.05, 0.1) is 22.0 Å². The van der Waals surface area contributed by atoms with E-state index in [0.29, 0.717) is 15.9 Å². The van der Waals surface area contributed by atoms with E-state index in [-0.39, 0.29) is 6.01 Å². The molecule has 20 heavy (non-hydrogen) atoms. The zero-order valence-corrected chi connectivity index (χ0v) is 11.9. The molecule has 3 aromatic rings. The first kappa shape index (κ1) is 12.6. The van der Waals surface area contributed by atoms with Gasteiger partial charge in [0.15, 0.2) is 5.75 Å². The molecule has 7 heteroatoms. The average molecular weight is 332 g/mol. The number of pyridine rings is 1. The van der Waals surface area contributed by atoms with Crippen molar-refractivity contribution in [1.82, 2.24) is 19.7 Å². The summed E-state index contributed by atoms with van der Waals surface area (Å²) in [6.07, 6.45) is 4.68. The molecule has 0 spiro atoms. The van der Waals surface area contributed by atoms with Crippen LogP contribution < -0.4 is 10.5 Å². The molecule has 0 aliphatic heterocycles.